The number of hydrogen-bond donors (Lipinski definition) is 0. The van der Waals surface area contributed by atoms with Crippen molar-refractivity contribution in [3.05, 3.63) is 164 Å². The maximum Gasteiger partial charge on any atom is 0.161 e. The van der Waals surface area contributed by atoms with Crippen LogP contribution in [0.15, 0.2) is 164 Å². The maximum absolute atomic E-state index is 5.48. The van der Waals surface area contributed by atoms with Crippen LogP contribution in [0.5, 0.6) is 0 Å². The van der Waals surface area contributed by atoms with E-state index < -0.39 is 0 Å². The fourth-order valence-corrected chi connectivity index (χ4v) is 10.1. The number of nitrogens with zero attached hydrogens (tertiary/aromatic N) is 3. The molecule has 0 aliphatic carbocycles. The van der Waals surface area contributed by atoms with Gasteiger partial charge in [0, 0.05) is 47.5 Å². The van der Waals surface area contributed by atoms with Crippen molar-refractivity contribution in [1.82, 2.24) is 14.5 Å². The van der Waals surface area contributed by atoms with E-state index in [1.807, 2.05) is 11.3 Å². The van der Waals surface area contributed by atoms with Gasteiger partial charge in [0.25, 0.3) is 0 Å². The summed E-state index contributed by atoms with van der Waals surface area (Å²) in [5.41, 5.74) is 9.94. The van der Waals surface area contributed by atoms with Gasteiger partial charge in [0.2, 0.25) is 0 Å². The highest BCUT2D eigenvalue weighted by molar-refractivity contribution is 7.26. The predicted molar refractivity (Wildman–Crippen MR) is 218 cm³/mol. The van der Waals surface area contributed by atoms with E-state index in [1.165, 1.54) is 52.6 Å². The Morgan fingerprint density at radius 2 is 1.06 bits per heavy atom. The lowest BCUT2D eigenvalue weighted by atomic mass is 10.0. The third-order valence-electron chi connectivity index (χ3n) is 10.0. The molecule has 0 amide bonds. The molecule has 0 atom stereocenters. The van der Waals surface area contributed by atoms with Gasteiger partial charge < -0.3 is 4.57 Å². The first kappa shape index (κ1) is 28.7. The molecule has 238 valence electrons. The van der Waals surface area contributed by atoms with Gasteiger partial charge >= 0.3 is 0 Å². The monoisotopic (exact) mass is 685 g/mol. The molecular weight excluding hydrogens is 659 g/mol. The summed E-state index contributed by atoms with van der Waals surface area (Å²) in [6.07, 6.45) is 0. The fraction of sp³-hybridized carbons (Fsp3) is 0. The van der Waals surface area contributed by atoms with Crippen LogP contribution in [0.3, 0.4) is 0 Å². The minimum absolute atomic E-state index is 0.736. The Balaban J connectivity index is 1.21. The minimum Gasteiger partial charge on any atom is -0.308 e. The van der Waals surface area contributed by atoms with E-state index in [0.717, 1.165) is 49.2 Å². The zero-order valence-electron chi connectivity index (χ0n) is 27.2. The highest BCUT2D eigenvalue weighted by Gasteiger charge is 2.22. The zero-order valence-corrected chi connectivity index (χ0v) is 28.9. The summed E-state index contributed by atoms with van der Waals surface area (Å²) in [4.78, 5) is 10.9. The van der Waals surface area contributed by atoms with E-state index in [0.29, 0.717) is 0 Å². The number of benzene rings is 7. The zero-order chi connectivity index (χ0) is 33.5. The number of rotatable bonds is 4. The number of thiophene rings is 2. The van der Waals surface area contributed by atoms with Gasteiger partial charge in [0.1, 0.15) is 0 Å². The Morgan fingerprint density at radius 1 is 0.431 bits per heavy atom. The van der Waals surface area contributed by atoms with Gasteiger partial charge in [-0.3, -0.25) is 0 Å². The molecule has 0 saturated carbocycles. The van der Waals surface area contributed by atoms with Crippen LogP contribution >= 0.6 is 22.7 Å². The topological polar surface area (TPSA) is 30.7 Å². The van der Waals surface area contributed by atoms with Gasteiger partial charge in [-0.2, -0.15) is 0 Å². The van der Waals surface area contributed by atoms with Gasteiger partial charge in [-0.05, 0) is 47.5 Å². The van der Waals surface area contributed by atoms with Gasteiger partial charge in [-0.25, -0.2) is 9.97 Å². The second-order valence-corrected chi connectivity index (χ2v) is 15.0. The summed E-state index contributed by atoms with van der Waals surface area (Å²) >= 11 is 3.63. The molecule has 0 fully saturated rings. The molecule has 0 unspecified atom stereocenters. The van der Waals surface area contributed by atoms with E-state index in [4.69, 9.17) is 9.97 Å². The average Bonchev–Trinajstić information content (AvgIpc) is 3.88. The molecule has 0 bridgehead atoms. The first-order valence-electron chi connectivity index (χ1n) is 17.1. The molecule has 51 heavy (non-hydrogen) atoms. The predicted octanol–water partition coefficient (Wildman–Crippen LogP) is 13.3. The van der Waals surface area contributed by atoms with Crippen LogP contribution in [-0.4, -0.2) is 14.5 Å². The lowest BCUT2D eigenvalue weighted by Gasteiger charge is -2.11. The molecule has 4 aromatic heterocycles. The summed E-state index contributed by atoms with van der Waals surface area (Å²) in [5.74, 6) is 0.736. The van der Waals surface area contributed by atoms with Crippen LogP contribution in [0.4, 0.5) is 0 Å². The van der Waals surface area contributed by atoms with Crippen molar-refractivity contribution in [1.29, 1.82) is 0 Å². The SMILES string of the molecule is c1ccc(-c2cccc(-c3nc(-c4cccc5c4c4ccccc4n5-c4cccc5c4sc4ccccc45)nc4c3sc3ccccc34)c2)cc1. The van der Waals surface area contributed by atoms with Crippen molar-refractivity contribution in [3.8, 4) is 39.5 Å². The normalized spacial score (nSPS) is 11.9. The second kappa shape index (κ2) is 11.2. The van der Waals surface area contributed by atoms with E-state index in [2.05, 4.69) is 168 Å². The summed E-state index contributed by atoms with van der Waals surface area (Å²) in [6.45, 7) is 0. The first-order valence-corrected chi connectivity index (χ1v) is 18.7. The minimum atomic E-state index is 0.736. The van der Waals surface area contributed by atoms with Crippen molar-refractivity contribution in [2.75, 3.05) is 0 Å². The molecule has 0 aliphatic heterocycles. The van der Waals surface area contributed by atoms with Crippen molar-refractivity contribution in [2.45, 2.75) is 0 Å². The van der Waals surface area contributed by atoms with E-state index in [1.54, 1.807) is 11.3 Å². The Bertz CT molecular complexity index is 3150. The molecule has 3 nitrogen and oxygen atoms in total. The standard InChI is InChI=1S/C46H27N3S2/c1-2-13-28(14-3-1)29-15-10-16-30(27-29)42-45-43(34-19-6-9-26-40(34)51-45)48-46(47-42)35-21-12-23-37-41(35)33-18-4-7-22-36(33)49(37)38-24-11-20-32-31-17-5-8-25-39(31)50-44(32)38/h1-27H. The first-order chi connectivity index (χ1) is 25.3. The fourth-order valence-electron chi connectivity index (χ4n) is 7.76. The molecule has 11 rings (SSSR count). The quantitative estimate of drug-likeness (QED) is 0.185. The molecule has 11 aromatic rings. The van der Waals surface area contributed by atoms with Gasteiger partial charge in [0.15, 0.2) is 5.82 Å². The largest absolute Gasteiger partial charge is 0.308 e. The van der Waals surface area contributed by atoms with E-state index in [9.17, 15) is 0 Å². The average molecular weight is 686 g/mol. The lowest BCUT2D eigenvalue weighted by Crippen LogP contribution is -1.96. The van der Waals surface area contributed by atoms with Crippen LogP contribution < -0.4 is 0 Å². The molecule has 7 aromatic carbocycles. The summed E-state index contributed by atoms with van der Waals surface area (Å²) < 4.78 is 7.35. The Morgan fingerprint density at radius 3 is 1.94 bits per heavy atom. The highest BCUT2D eigenvalue weighted by atomic mass is 32.1. The van der Waals surface area contributed by atoms with Crippen molar-refractivity contribution in [2.24, 2.45) is 0 Å². The van der Waals surface area contributed by atoms with E-state index in [-0.39, 0.29) is 0 Å². The number of hydrogen-bond acceptors (Lipinski definition) is 4. The third-order valence-corrected chi connectivity index (χ3v) is 12.4. The Labute approximate surface area is 301 Å². The van der Waals surface area contributed by atoms with Gasteiger partial charge in [-0.1, -0.05) is 127 Å². The summed E-state index contributed by atoms with van der Waals surface area (Å²) in [7, 11) is 0. The molecule has 0 radical (unpaired) electrons. The molecule has 0 N–H and O–H groups in total. The molecular formula is C46H27N3S2. The summed E-state index contributed by atoms with van der Waals surface area (Å²) in [5, 5.41) is 6.10. The van der Waals surface area contributed by atoms with Crippen molar-refractivity contribution >= 4 is 85.0 Å². The second-order valence-electron chi connectivity index (χ2n) is 12.9. The van der Waals surface area contributed by atoms with Crippen molar-refractivity contribution in [3.63, 3.8) is 0 Å². The molecule has 0 spiro atoms. The number of fused-ring (bicyclic) bond motifs is 9. The number of aromatic nitrogens is 3. The molecule has 0 saturated heterocycles. The van der Waals surface area contributed by atoms with Crippen LogP contribution in [0, 0.1) is 0 Å². The van der Waals surface area contributed by atoms with Crippen molar-refractivity contribution < 1.29 is 0 Å². The molecule has 4 heterocycles. The van der Waals surface area contributed by atoms with Crippen LogP contribution in [0.2, 0.25) is 0 Å². The molecule has 5 heteroatoms. The van der Waals surface area contributed by atoms with E-state index >= 15 is 0 Å². The molecule has 0 aliphatic rings. The van der Waals surface area contributed by atoms with Gasteiger partial charge in [0.05, 0.1) is 37.3 Å². The highest BCUT2D eigenvalue weighted by Crippen LogP contribution is 2.44. The lowest BCUT2D eigenvalue weighted by molar-refractivity contribution is 1.20. The Kier molecular flexibility index (Phi) is 6.29. The smallest absolute Gasteiger partial charge is 0.161 e. The van der Waals surface area contributed by atoms with Gasteiger partial charge in [-0.15, -0.1) is 22.7 Å². The number of para-hydroxylation sites is 1. The summed E-state index contributed by atoms with van der Waals surface area (Å²) in [6, 6.07) is 58.7. The Hall–Kier alpha value is -6.14. The third kappa shape index (κ3) is 4.35. The van der Waals surface area contributed by atoms with Crippen LogP contribution in [-0.2, 0) is 0 Å². The van der Waals surface area contributed by atoms with Crippen LogP contribution in [0.1, 0.15) is 0 Å². The maximum atomic E-state index is 5.48. The van der Waals surface area contributed by atoms with Crippen LogP contribution in [0.25, 0.3) is 102 Å².